The summed E-state index contributed by atoms with van der Waals surface area (Å²) in [6.07, 6.45) is 0. The van der Waals surface area contributed by atoms with E-state index in [9.17, 15) is 14.4 Å². The van der Waals surface area contributed by atoms with Crippen LogP contribution in [0.5, 0.6) is 0 Å². The Morgan fingerprint density at radius 1 is 1.32 bits per heavy atom. The smallest absolute Gasteiger partial charge is 0.323 e. The van der Waals surface area contributed by atoms with Crippen LogP contribution >= 0.6 is 27.5 Å². The number of anilines is 1. The van der Waals surface area contributed by atoms with E-state index in [1.54, 1.807) is 31.2 Å². The van der Waals surface area contributed by atoms with Crippen LogP contribution in [-0.2, 0) is 15.1 Å². The first-order valence-corrected chi connectivity index (χ1v) is 9.31. The van der Waals surface area contributed by atoms with Crippen molar-refractivity contribution in [2.45, 2.75) is 12.5 Å². The number of benzene rings is 2. The van der Waals surface area contributed by atoms with Crippen molar-refractivity contribution in [3.05, 3.63) is 63.1 Å². The first-order chi connectivity index (χ1) is 13.2. The minimum absolute atomic E-state index is 0.210. The number of amides is 4. The van der Waals surface area contributed by atoms with Crippen LogP contribution in [0.25, 0.3) is 0 Å². The molecule has 1 aliphatic heterocycles. The van der Waals surface area contributed by atoms with Gasteiger partial charge in [-0.3, -0.25) is 14.5 Å². The van der Waals surface area contributed by atoms with Gasteiger partial charge in [0.05, 0.1) is 11.3 Å². The molecule has 1 fully saturated rings. The SMILES string of the molecule is C[C@]1(c2cccc(Br)c2)NC(=O)N(CC(=O)Nc2cc(Cl)ccc2C#N)C1=O. The maximum Gasteiger partial charge on any atom is 0.325 e. The fourth-order valence-corrected chi connectivity index (χ4v) is 3.46. The molecule has 1 atom stereocenters. The second-order valence-corrected chi connectivity index (χ2v) is 7.66. The first kappa shape index (κ1) is 19.9. The molecule has 9 heteroatoms. The number of nitriles is 1. The molecule has 0 spiro atoms. The topological polar surface area (TPSA) is 102 Å². The van der Waals surface area contributed by atoms with E-state index in [4.69, 9.17) is 16.9 Å². The highest BCUT2D eigenvalue weighted by atomic mass is 79.9. The molecule has 0 bridgehead atoms. The van der Waals surface area contributed by atoms with E-state index in [0.717, 1.165) is 9.37 Å². The normalized spacial score (nSPS) is 18.6. The lowest BCUT2D eigenvalue weighted by Gasteiger charge is -2.22. The molecule has 1 saturated heterocycles. The van der Waals surface area contributed by atoms with Crippen LogP contribution in [0.4, 0.5) is 10.5 Å². The van der Waals surface area contributed by atoms with Crippen molar-refractivity contribution in [3.63, 3.8) is 0 Å². The maximum absolute atomic E-state index is 12.9. The fraction of sp³-hybridized carbons (Fsp3) is 0.158. The number of carbonyl (C=O) groups is 3. The van der Waals surface area contributed by atoms with Gasteiger partial charge in [-0.05, 0) is 42.8 Å². The van der Waals surface area contributed by atoms with Crippen molar-refractivity contribution in [1.29, 1.82) is 5.26 Å². The molecular formula is C19H14BrClN4O3. The number of hydrogen-bond acceptors (Lipinski definition) is 4. The van der Waals surface area contributed by atoms with Crippen molar-refractivity contribution >= 4 is 51.1 Å². The van der Waals surface area contributed by atoms with Crippen LogP contribution in [0, 0.1) is 11.3 Å². The number of hydrogen-bond donors (Lipinski definition) is 2. The summed E-state index contributed by atoms with van der Waals surface area (Å²) in [6, 6.07) is 12.7. The third-order valence-corrected chi connectivity index (χ3v) is 5.08. The third kappa shape index (κ3) is 3.72. The Morgan fingerprint density at radius 3 is 2.75 bits per heavy atom. The molecule has 0 unspecified atom stereocenters. The lowest BCUT2D eigenvalue weighted by Crippen LogP contribution is -2.42. The second-order valence-electron chi connectivity index (χ2n) is 6.31. The van der Waals surface area contributed by atoms with E-state index >= 15 is 0 Å². The van der Waals surface area contributed by atoms with Crippen LogP contribution < -0.4 is 10.6 Å². The van der Waals surface area contributed by atoms with E-state index in [1.165, 1.54) is 18.2 Å². The van der Waals surface area contributed by atoms with Gasteiger partial charge in [0, 0.05) is 9.50 Å². The Kier molecular flexibility index (Phi) is 5.40. The summed E-state index contributed by atoms with van der Waals surface area (Å²) in [5.74, 6) is -1.17. The summed E-state index contributed by atoms with van der Waals surface area (Å²) in [4.78, 5) is 38.5. The lowest BCUT2D eigenvalue weighted by molar-refractivity contribution is -0.133. The highest BCUT2D eigenvalue weighted by Crippen LogP contribution is 2.30. The van der Waals surface area contributed by atoms with Crippen LogP contribution in [0.2, 0.25) is 5.02 Å². The number of nitrogens with one attached hydrogen (secondary N) is 2. The average molecular weight is 462 g/mol. The summed E-state index contributed by atoms with van der Waals surface area (Å²) >= 11 is 9.24. The van der Waals surface area contributed by atoms with Gasteiger partial charge in [-0.2, -0.15) is 5.26 Å². The minimum atomic E-state index is -1.28. The van der Waals surface area contributed by atoms with Crippen molar-refractivity contribution in [2.75, 3.05) is 11.9 Å². The number of halogens is 2. The van der Waals surface area contributed by atoms with Crippen LogP contribution in [0.15, 0.2) is 46.9 Å². The number of nitrogens with zero attached hydrogens (tertiary/aromatic N) is 2. The zero-order valence-corrected chi connectivity index (χ0v) is 17.0. The number of imide groups is 1. The molecule has 0 aliphatic carbocycles. The summed E-state index contributed by atoms with van der Waals surface area (Å²) < 4.78 is 0.759. The molecule has 2 aromatic rings. The van der Waals surface area contributed by atoms with Crippen LogP contribution in [0.1, 0.15) is 18.1 Å². The van der Waals surface area contributed by atoms with E-state index < -0.39 is 29.9 Å². The molecule has 2 aromatic carbocycles. The van der Waals surface area contributed by atoms with E-state index in [1.807, 2.05) is 6.07 Å². The molecule has 0 saturated carbocycles. The standard InChI is InChI=1S/C19H14BrClN4O3/c1-19(12-3-2-4-13(20)7-12)17(27)25(18(28)24-19)10-16(26)23-15-8-14(21)6-5-11(15)9-22/h2-8H,10H2,1H3,(H,23,26)(H,24,28)/t19-/m1/s1. The monoisotopic (exact) mass is 460 g/mol. The van der Waals surface area contributed by atoms with Gasteiger partial charge in [0.1, 0.15) is 18.2 Å². The second kappa shape index (κ2) is 7.62. The minimum Gasteiger partial charge on any atom is -0.323 e. The van der Waals surface area contributed by atoms with Crippen LogP contribution in [-0.4, -0.2) is 29.3 Å². The average Bonchev–Trinajstić information content (AvgIpc) is 2.86. The lowest BCUT2D eigenvalue weighted by atomic mass is 9.92. The Bertz CT molecular complexity index is 1040. The zero-order valence-electron chi connectivity index (χ0n) is 14.6. The first-order valence-electron chi connectivity index (χ1n) is 8.14. The Balaban J connectivity index is 1.79. The summed E-state index contributed by atoms with van der Waals surface area (Å²) in [5.41, 5.74) is -0.268. The molecular weight excluding hydrogens is 448 g/mol. The quantitative estimate of drug-likeness (QED) is 0.681. The highest BCUT2D eigenvalue weighted by molar-refractivity contribution is 9.10. The van der Waals surface area contributed by atoms with Crippen molar-refractivity contribution in [2.24, 2.45) is 0 Å². The molecule has 2 N–H and O–H groups in total. The Labute approximate surface area is 174 Å². The van der Waals surface area contributed by atoms with Gasteiger partial charge >= 0.3 is 6.03 Å². The van der Waals surface area contributed by atoms with Gasteiger partial charge in [0.15, 0.2) is 0 Å². The molecule has 0 aromatic heterocycles. The summed E-state index contributed by atoms with van der Waals surface area (Å²) in [5, 5.41) is 14.6. The third-order valence-electron chi connectivity index (χ3n) is 4.35. The van der Waals surface area contributed by atoms with E-state index in [0.29, 0.717) is 10.6 Å². The van der Waals surface area contributed by atoms with Gasteiger partial charge in [0.25, 0.3) is 5.91 Å². The van der Waals surface area contributed by atoms with Crippen LogP contribution in [0.3, 0.4) is 0 Å². The molecule has 3 rings (SSSR count). The predicted molar refractivity (Wildman–Crippen MR) is 107 cm³/mol. The van der Waals surface area contributed by atoms with Crippen molar-refractivity contribution in [3.8, 4) is 6.07 Å². The molecule has 142 valence electrons. The van der Waals surface area contributed by atoms with E-state index in [-0.39, 0.29) is 11.3 Å². The van der Waals surface area contributed by atoms with Gasteiger partial charge in [0.2, 0.25) is 5.91 Å². The number of rotatable bonds is 4. The molecule has 4 amide bonds. The highest BCUT2D eigenvalue weighted by Gasteiger charge is 2.49. The molecule has 28 heavy (non-hydrogen) atoms. The Morgan fingerprint density at radius 2 is 2.07 bits per heavy atom. The molecule has 1 aliphatic rings. The van der Waals surface area contributed by atoms with Crippen molar-refractivity contribution in [1.82, 2.24) is 10.2 Å². The predicted octanol–water partition coefficient (Wildman–Crippen LogP) is 3.38. The molecule has 7 nitrogen and oxygen atoms in total. The number of carbonyl (C=O) groups excluding carboxylic acids is 3. The largest absolute Gasteiger partial charge is 0.325 e. The summed E-state index contributed by atoms with van der Waals surface area (Å²) in [7, 11) is 0. The number of urea groups is 1. The van der Waals surface area contributed by atoms with Gasteiger partial charge in [-0.25, -0.2) is 4.79 Å². The van der Waals surface area contributed by atoms with Gasteiger partial charge < -0.3 is 10.6 Å². The van der Waals surface area contributed by atoms with Crippen molar-refractivity contribution < 1.29 is 14.4 Å². The van der Waals surface area contributed by atoms with Gasteiger partial charge in [-0.15, -0.1) is 0 Å². The zero-order chi connectivity index (χ0) is 20.5. The molecule has 0 radical (unpaired) electrons. The van der Waals surface area contributed by atoms with Gasteiger partial charge in [-0.1, -0.05) is 39.7 Å². The maximum atomic E-state index is 12.9. The Hall–Kier alpha value is -2.89. The van der Waals surface area contributed by atoms with E-state index in [2.05, 4.69) is 26.6 Å². The summed E-state index contributed by atoms with van der Waals surface area (Å²) in [6.45, 7) is 1.09. The fourth-order valence-electron chi connectivity index (χ4n) is 2.89. The molecule has 1 heterocycles.